The van der Waals surface area contributed by atoms with Gasteiger partial charge in [0.05, 0.1) is 6.10 Å². The summed E-state index contributed by atoms with van der Waals surface area (Å²) < 4.78 is 18.8. The van der Waals surface area contributed by atoms with E-state index in [2.05, 4.69) is 39.9 Å². The molecule has 26 heavy (non-hydrogen) atoms. The summed E-state index contributed by atoms with van der Waals surface area (Å²) in [5, 5.41) is 0.204. The van der Waals surface area contributed by atoms with Gasteiger partial charge in [-0.15, -0.1) is 0 Å². The third-order valence-corrected chi connectivity index (χ3v) is 11.5. The molecule has 5 atom stereocenters. The van der Waals surface area contributed by atoms with Gasteiger partial charge in [0.15, 0.2) is 14.6 Å². The molecule has 2 fully saturated rings. The average molecular weight is 381 g/mol. The van der Waals surface area contributed by atoms with Crippen LogP contribution in [0.3, 0.4) is 0 Å². The van der Waals surface area contributed by atoms with Gasteiger partial charge in [0.25, 0.3) is 0 Å². The topological polar surface area (TPSA) is 44.8 Å². The van der Waals surface area contributed by atoms with Crippen LogP contribution in [0.5, 0.6) is 0 Å². The lowest BCUT2D eigenvalue weighted by Crippen LogP contribution is -2.44. The number of hydrogen-bond donors (Lipinski definition) is 0. The lowest BCUT2D eigenvalue weighted by Gasteiger charge is -2.38. The van der Waals surface area contributed by atoms with Crippen molar-refractivity contribution < 1.29 is 18.7 Å². The summed E-state index contributed by atoms with van der Waals surface area (Å²) in [6.07, 6.45) is 8.53. The van der Waals surface area contributed by atoms with Crippen molar-refractivity contribution in [3.05, 3.63) is 11.6 Å². The molecule has 1 aliphatic heterocycles. The van der Waals surface area contributed by atoms with Crippen molar-refractivity contribution in [2.75, 3.05) is 13.2 Å². The zero-order valence-corrected chi connectivity index (χ0v) is 18.1. The Morgan fingerprint density at radius 1 is 1.31 bits per heavy atom. The predicted molar refractivity (Wildman–Crippen MR) is 105 cm³/mol. The Balaban J connectivity index is 1.68. The number of allylic oxidation sites excluding steroid dienone is 2. The second-order valence-corrected chi connectivity index (χ2v) is 14.6. The highest BCUT2D eigenvalue weighted by Crippen LogP contribution is 2.49. The first-order chi connectivity index (χ1) is 12.2. The molecule has 1 heterocycles. The molecule has 0 aromatic heterocycles. The average Bonchev–Trinajstić information content (AvgIpc) is 3.10. The van der Waals surface area contributed by atoms with Crippen LogP contribution in [0.2, 0.25) is 18.1 Å². The molecule has 3 aliphatic rings. The number of hydrogen-bond acceptors (Lipinski definition) is 4. The molecule has 4 nitrogen and oxygen atoms in total. The van der Waals surface area contributed by atoms with E-state index < -0.39 is 8.32 Å². The van der Waals surface area contributed by atoms with Gasteiger partial charge in [-0.25, -0.2) is 0 Å². The van der Waals surface area contributed by atoms with Crippen molar-refractivity contribution in [2.45, 2.75) is 83.4 Å². The number of fused-ring (bicyclic) bond motifs is 1. The van der Waals surface area contributed by atoms with E-state index in [0.717, 1.165) is 50.8 Å². The zero-order chi connectivity index (χ0) is 18.9. The summed E-state index contributed by atoms with van der Waals surface area (Å²) in [6.45, 7) is 13.0. The third-order valence-electron chi connectivity index (χ3n) is 7.04. The van der Waals surface area contributed by atoms with Crippen LogP contribution in [-0.2, 0) is 18.7 Å². The Hall–Kier alpha value is -0.493. The molecular formula is C21H36O4Si. The van der Waals surface area contributed by atoms with Crippen LogP contribution in [-0.4, -0.2) is 40.2 Å². The van der Waals surface area contributed by atoms with Gasteiger partial charge in [0, 0.05) is 19.1 Å². The van der Waals surface area contributed by atoms with Crippen molar-refractivity contribution in [3.63, 3.8) is 0 Å². The first-order valence-corrected chi connectivity index (χ1v) is 13.2. The van der Waals surface area contributed by atoms with Crippen LogP contribution < -0.4 is 0 Å². The Labute approximate surface area is 159 Å². The van der Waals surface area contributed by atoms with E-state index in [9.17, 15) is 4.79 Å². The van der Waals surface area contributed by atoms with E-state index in [0.29, 0.717) is 17.8 Å². The molecule has 0 aromatic carbocycles. The van der Waals surface area contributed by atoms with Crippen molar-refractivity contribution in [1.29, 1.82) is 0 Å². The largest absolute Gasteiger partial charge is 0.416 e. The number of aldehydes is 1. The highest BCUT2D eigenvalue weighted by atomic mass is 28.4. The number of ether oxygens (including phenoxy) is 2. The van der Waals surface area contributed by atoms with E-state index in [1.54, 1.807) is 0 Å². The van der Waals surface area contributed by atoms with Crippen molar-refractivity contribution in [3.8, 4) is 0 Å². The number of carbonyl (C=O) groups excluding carboxylic acids is 1. The molecule has 0 spiro atoms. The molecule has 5 unspecified atom stereocenters. The fraction of sp³-hybridized carbons (Fsp3) is 0.857. The second kappa shape index (κ2) is 7.86. The predicted octanol–water partition coefficient (Wildman–Crippen LogP) is 4.70. The summed E-state index contributed by atoms with van der Waals surface area (Å²) in [5.74, 6) is 1.29. The summed E-state index contributed by atoms with van der Waals surface area (Å²) >= 11 is 0. The molecule has 0 radical (unpaired) electrons. The van der Waals surface area contributed by atoms with E-state index >= 15 is 0 Å². The molecule has 148 valence electrons. The van der Waals surface area contributed by atoms with Crippen LogP contribution >= 0.6 is 0 Å². The molecule has 3 rings (SSSR count). The summed E-state index contributed by atoms with van der Waals surface area (Å²) in [6, 6.07) is 0. The Morgan fingerprint density at radius 2 is 2.08 bits per heavy atom. The van der Waals surface area contributed by atoms with E-state index in [-0.39, 0.29) is 17.4 Å². The van der Waals surface area contributed by atoms with Crippen molar-refractivity contribution in [2.24, 2.45) is 17.8 Å². The fourth-order valence-electron chi connectivity index (χ4n) is 4.33. The second-order valence-electron chi connectivity index (χ2n) is 9.83. The van der Waals surface area contributed by atoms with E-state index in [4.69, 9.17) is 13.9 Å². The highest BCUT2D eigenvalue weighted by molar-refractivity contribution is 6.74. The Kier molecular flexibility index (Phi) is 6.12. The zero-order valence-electron chi connectivity index (χ0n) is 17.1. The molecule has 2 aliphatic carbocycles. The maximum atomic E-state index is 11.2. The Bertz CT molecular complexity index is 531. The lowest BCUT2D eigenvalue weighted by molar-refractivity contribution is -0.197. The van der Waals surface area contributed by atoms with Crippen LogP contribution in [0.25, 0.3) is 0 Å². The molecule has 0 bridgehead atoms. The van der Waals surface area contributed by atoms with Crippen molar-refractivity contribution in [1.82, 2.24) is 0 Å². The smallest absolute Gasteiger partial charge is 0.191 e. The van der Waals surface area contributed by atoms with Gasteiger partial charge in [-0.3, -0.25) is 4.79 Å². The van der Waals surface area contributed by atoms with Gasteiger partial charge in [-0.2, -0.15) is 0 Å². The number of carbonyl (C=O) groups is 1. The monoisotopic (exact) mass is 380 g/mol. The maximum absolute atomic E-state index is 11.2. The first-order valence-electron chi connectivity index (χ1n) is 10.3. The summed E-state index contributed by atoms with van der Waals surface area (Å²) in [4.78, 5) is 11.2. The van der Waals surface area contributed by atoms with Gasteiger partial charge in [-0.05, 0) is 67.6 Å². The number of rotatable bonds is 6. The molecule has 0 amide bonds. The van der Waals surface area contributed by atoms with E-state index in [1.165, 1.54) is 6.42 Å². The van der Waals surface area contributed by atoms with Crippen LogP contribution in [0, 0.1) is 17.8 Å². The van der Waals surface area contributed by atoms with E-state index in [1.807, 2.05) is 0 Å². The quantitative estimate of drug-likeness (QED) is 0.495. The third kappa shape index (κ3) is 4.32. The molecule has 0 N–H and O–H groups in total. The molecule has 0 aromatic rings. The maximum Gasteiger partial charge on any atom is 0.191 e. The standard InChI is InChI=1S/C21H36O4Si/c1-21(2,3)26(4,5)24-14-18-17-11-15(13-22)10-16(17)12-19(18)25-20-8-6-7-9-23-20/h10,13,16-20H,6-9,11-12,14H2,1-5H3. The van der Waals surface area contributed by atoms with Crippen LogP contribution in [0.15, 0.2) is 11.6 Å². The minimum Gasteiger partial charge on any atom is -0.416 e. The van der Waals surface area contributed by atoms with Gasteiger partial charge >= 0.3 is 0 Å². The van der Waals surface area contributed by atoms with Crippen LogP contribution in [0.4, 0.5) is 0 Å². The minimum atomic E-state index is -1.80. The van der Waals surface area contributed by atoms with Crippen LogP contribution in [0.1, 0.15) is 52.9 Å². The van der Waals surface area contributed by atoms with Gasteiger partial charge in [0.2, 0.25) is 0 Å². The molecular weight excluding hydrogens is 344 g/mol. The lowest BCUT2D eigenvalue weighted by atomic mass is 9.90. The van der Waals surface area contributed by atoms with Gasteiger partial charge in [-0.1, -0.05) is 26.8 Å². The fourth-order valence-corrected chi connectivity index (χ4v) is 5.37. The highest BCUT2D eigenvalue weighted by Gasteiger charge is 2.48. The SMILES string of the molecule is CC(C)(C)[Si](C)(C)OCC1C(OC2CCCCO2)CC2C=C(C=O)CC21. The van der Waals surface area contributed by atoms with Crippen molar-refractivity contribution >= 4 is 14.6 Å². The normalized spacial score (nSPS) is 35.3. The van der Waals surface area contributed by atoms with Gasteiger partial charge < -0.3 is 13.9 Å². The van der Waals surface area contributed by atoms with Gasteiger partial charge in [0.1, 0.15) is 6.29 Å². The Morgan fingerprint density at radius 3 is 2.69 bits per heavy atom. The molecule has 1 saturated heterocycles. The minimum absolute atomic E-state index is 0.0579. The summed E-state index contributed by atoms with van der Waals surface area (Å²) in [5.41, 5.74) is 0.963. The summed E-state index contributed by atoms with van der Waals surface area (Å²) in [7, 11) is -1.80. The molecule has 1 saturated carbocycles. The molecule has 5 heteroatoms. The first kappa shape index (κ1) is 20.2.